The summed E-state index contributed by atoms with van der Waals surface area (Å²) in [6.45, 7) is 1.51. The van der Waals surface area contributed by atoms with Crippen LogP contribution < -0.4 is 11.1 Å². The molecular weight excluding hydrogens is 256 g/mol. The third-order valence-corrected chi connectivity index (χ3v) is 3.73. The molecule has 110 valence electrons. The van der Waals surface area contributed by atoms with E-state index in [1.165, 1.54) is 0 Å². The summed E-state index contributed by atoms with van der Waals surface area (Å²) in [5, 5.41) is 12.7. The zero-order valence-corrected chi connectivity index (χ0v) is 11.5. The lowest BCUT2D eigenvalue weighted by atomic mass is 9.92. The van der Waals surface area contributed by atoms with Crippen LogP contribution in [0.5, 0.6) is 0 Å². The molecule has 2 rings (SSSR count). The van der Waals surface area contributed by atoms with Gasteiger partial charge in [0.25, 0.3) is 0 Å². The van der Waals surface area contributed by atoms with E-state index >= 15 is 0 Å². The molecule has 0 aliphatic carbocycles. The molecule has 1 saturated heterocycles. The van der Waals surface area contributed by atoms with Gasteiger partial charge in [-0.3, -0.25) is 4.79 Å². The molecule has 0 radical (unpaired) electrons. The fraction of sp³-hybridized carbons (Fsp3) is 0.533. The quantitative estimate of drug-likeness (QED) is 0.736. The molecule has 4 N–H and O–H groups in total. The van der Waals surface area contributed by atoms with Crippen molar-refractivity contribution in [2.24, 2.45) is 11.7 Å². The van der Waals surface area contributed by atoms with Crippen LogP contribution >= 0.6 is 0 Å². The van der Waals surface area contributed by atoms with Gasteiger partial charge in [0, 0.05) is 19.8 Å². The van der Waals surface area contributed by atoms with E-state index in [2.05, 4.69) is 5.32 Å². The summed E-state index contributed by atoms with van der Waals surface area (Å²) >= 11 is 0. The number of rotatable bonds is 5. The monoisotopic (exact) mass is 278 g/mol. The van der Waals surface area contributed by atoms with Crippen molar-refractivity contribution in [3.8, 4) is 0 Å². The van der Waals surface area contributed by atoms with Crippen molar-refractivity contribution in [1.82, 2.24) is 5.32 Å². The number of hydrogen-bond acceptors (Lipinski definition) is 4. The van der Waals surface area contributed by atoms with Gasteiger partial charge in [0.2, 0.25) is 5.91 Å². The van der Waals surface area contributed by atoms with Crippen LogP contribution in [0.2, 0.25) is 0 Å². The highest BCUT2D eigenvalue weighted by molar-refractivity contribution is 5.81. The standard InChI is InChI=1S/C15H22N2O3/c16-14(12-6-8-20-9-7-12)15(19)17-10-13(18)11-4-2-1-3-5-11/h1-5,12-14,18H,6-10,16H2,(H,17,19). The van der Waals surface area contributed by atoms with E-state index in [1.54, 1.807) is 0 Å². The number of hydrogen-bond donors (Lipinski definition) is 3. The Bertz CT molecular complexity index is 418. The molecule has 1 aromatic rings. The maximum absolute atomic E-state index is 12.0. The molecule has 5 nitrogen and oxygen atoms in total. The molecule has 2 atom stereocenters. The minimum absolute atomic E-state index is 0.164. The van der Waals surface area contributed by atoms with E-state index < -0.39 is 12.1 Å². The zero-order chi connectivity index (χ0) is 14.4. The van der Waals surface area contributed by atoms with Gasteiger partial charge in [0.05, 0.1) is 12.1 Å². The SMILES string of the molecule is NC(C(=O)NCC(O)c1ccccc1)C1CCOCC1. The lowest BCUT2D eigenvalue weighted by Crippen LogP contribution is -2.47. The Morgan fingerprint density at radius 1 is 1.35 bits per heavy atom. The summed E-state index contributed by atoms with van der Waals surface area (Å²) < 4.78 is 5.26. The molecule has 0 aromatic heterocycles. The predicted octanol–water partition coefficient (Wildman–Crippen LogP) is 0.590. The van der Waals surface area contributed by atoms with Crippen molar-refractivity contribution < 1.29 is 14.6 Å². The van der Waals surface area contributed by atoms with Gasteiger partial charge in [0.1, 0.15) is 0 Å². The van der Waals surface area contributed by atoms with Crippen LogP contribution in [0.15, 0.2) is 30.3 Å². The number of benzene rings is 1. The summed E-state index contributed by atoms with van der Waals surface area (Å²) in [6, 6.07) is 8.73. The average Bonchev–Trinajstić information content (AvgIpc) is 2.53. The number of aliphatic hydroxyl groups excluding tert-OH is 1. The largest absolute Gasteiger partial charge is 0.387 e. The lowest BCUT2D eigenvalue weighted by Gasteiger charge is -2.27. The molecule has 5 heteroatoms. The van der Waals surface area contributed by atoms with Gasteiger partial charge < -0.3 is 20.9 Å². The number of amides is 1. The first-order chi connectivity index (χ1) is 9.68. The molecule has 1 amide bonds. The third-order valence-electron chi connectivity index (χ3n) is 3.73. The van der Waals surface area contributed by atoms with Crippen LogP contribution in [0.3, 0.4) is 0 Å². The van der Waals surface area contributed by atoms with Gasteiger partial charge in [-0.1, -0.05) is 30.3 Å². The summed E-state index contributed by atoms with van der Waals surface area (Å²) in [4.78, 5) is 12.0. The second kappa shape index (κ2) is 7.38. The Hall–Kier alpha value is -1.43. The average molecular weight is 278 g/mol. The van der Waals surface area contributed by atoms with Gasteiger partial charge in [-0.2, -0.15) is 0 Å². The van der Waals surface area contributed by atoms with Crippen molar-refractivity contribution in [3.05, 3.63) is 35.9 Å². The topological polar surface area (TPSA) is 84.6 Å². The minimum atomic E-state index is -0.706. The molecule has 1 aliphatic rings. The molecular formula is C15H22N2O3. The first-order valence-corrected chi connectivity index (χ1v) is 7.02. The lowest BCUT2D eigenvalue weighted by molar-refractivity contribution is -0.124. The Balaban J connectivity index is 1.79. The van der Waals surface area contributed by atoms with Gasteiger partial charge in [-0.05, 0) is 24.3 Å². The van der Waals surface area contributed by atoms with Crippen LogP contribution in [0.25, 0.3) is 0 Å². The maximum Gasteiger partial charge on any atom is 0.237 e. The third kappa shape index (κ3) is 4.03. The number of aliphatic hydroxyl groups is 1. The molecule has 0 spiro atoms. The Morgan fingerprint density at radius 2 is 2.00 bits per heavy atom. The van der Waals surface area contributed by atoms with Crippen molar-refractivity contribution in [1.29, 1.82) is 0 Å². The predicted molar refractivity (Wildman–Crippen MR) is 75.9 cm³/mol. The summed E-state index contributed by atoms with van der Waals surface area (Å²) in [5.41, 5.74) is 6.75. The van der Waals surface area contributed by atoms with E-state index in [-0.39, 0.29) is 18.4 Å². The molecule has 0 saturated carbocycles. The Morgan fingerprint density at radius 3 is 2.65 bits per heavy atom. The molecule has 0 bridgehead atoms. The number of nitrogens with one attached hydrogen (secondary N) is 1. The van der Waals surface area contributed by atoms with Gasteiger partial charge in [-0.15, -0.1) is 0 Å². The Kier molecular flexibility index (Phi) is 5.52. The zero-order valence-electron chi connectivity index (χ0n) is 11.5. The second-order valence-electron chi connectivity index (χ2n) is 5.15. The van der Waals surface area contributed by atoms with Crippen molar-refractivity contribution in [3.63, 3.8) is 0 Å². The fourth-order valence-electron chi connectivity index (χ4n) is 2.40. The van der Waals surface area contributed by atoms with Crippen molar-refractivity contribution >= 4 is 5.91 Å². The van der Waals surface area contributed by atoms with E-state index in [0.717, 1.165) is 18.4 Å². The molecule has 1 aliphatic heterocycles. The molecule has 1 fully saturated rings. The first-order valence-electron chi connectivity index (χ1n) is 7.02. The van der Waals surface area contributed by atoms with Crippen LogP contribution in [0.4, 0.5) is 0 Å². The number of carbonyl (C=O) groups excluding carboxylic acids is 1. The maximum atomic E-state index is 12.0. The van der Waals surface area contributed by atoms with Gasteiger partial charge >= 0.3 is 0 Å². The van der Waals surface area contributed by atoms with Crippen LogP contribution in [0, 0.1) is 5.92 Å². The highest BCUT2D eigenvalue weighted by Gasteiger charge is 2.26. The van der Waals surface area contributed by atoms with Gasteiger partial charge in [0.15, 0.2) is 0 Å². The normalized spacial score (nSPS) is 19.3. The van der Waals surface area contributed by atoms with E-state index in [4.69, 9.17) is 10.5 Å². The molecule has 1 aromatic carbocycles. The second-order valence-corrected chi connectivity index (χ2v) is 5.15. The number of carbonyl (C=O) groups is 1. The first kappa shape index (κ1) is 15.0. The highest BCUT2D eigenvalue weighted by Crippen LogP contribution is 2.18. The van der Waals surface area contributed by atoms with E-state index in [0.29, 0.717) is 13.2 Å². The number of nitrogens with two attached hydrogens (primary N) is 1. The molecule has 20 heavy (non-hydrogen) atoms. The van der Waals surface area contributed by atoms with E-state index in [9.17, 15) is 9.90 Å². The minimum Gasteiger partial charge on any atom is -0.387 e. The summed E-state index contributed by atoms with van der Waals surface area (Å²) in [6.07, 6.45) is 0.924. The smallest absolute Gasteiger partial charge is 0.237 e. The van der Waals surface area contributed by atoms with Crippen molar-refractivity contribution in [2.45, 2.75) is 25.0 Å². The van der Waals surface area contributed by atoms with Crippen molar-refractivity contribution in [2.75, 3.05) is 19.8 Å². The highest BCUT2D eigenvalue weighted by atomic mass is 16.5. The van der Waals surface area contributed by atoms with E-state index in [1.807, 2.05) is 30.3 Å². The molecule has 1 heterocycles. The van der Waals surface area contributed by atoms with Crippen LogP contribution in [-0.4, -0.2) is 36.8 Å². The summed E-state index contributed by atoms with van der Waals surface area (Å²) in [5.74, 6) is -0.0375. The molecule has 2 unspecified atom stereocenters. The Labute approximate surface area is 119 Å². The van der Waals surface area contributed by atoms with Gasteiger partial charge in [-0.25, -0.2) is 0 Å². The van der Waals surface area contributed by atoms with Crippen LogP contribution in [0.1, 0.15) is 24.5 Å². The summed E-state index contributed by atoms with van der Waals surface area (Å²) in [7, 11) is 0. The number of ether oxygens (including phenoxy) is 1. The fourth-order valence-corrected chi connectivity index (χ4v) is 2.40. The van der Waals surface area contributed by atoms with Crippen LogP contribution in [-0.2, 0) is 9.53 Å².